The van der Waals surface area contributed by atoms with Crippen molar-refractivity contribution in [1.29, 1.82) is 0 Å². The number of rotatable bonds is 4. The molecule has 102 valence electrons. The number of carboxylic acids is 1. The van der Waals surface area contributed by atoms with Crippen molar-refractivity contribution in [2.45, 2.75) is 13.5 Å². The molecular weight excluding hydrogens is 276 g/mol. The summed E-state index contributed by atoms with van der Waals surface area (Å²) >= 11 is 1.62. The summed E-state index contributed by atoms with van der Waals surface area (Å²) in [5.74, 6) is 0.0498. The molecule has 0 atom stereocenters. The average Bonchev–Trinajstić information content (AvgIpc) is 3.01. The molecule has 1 N–H and O–H groups in total. The van der Waals surface area contributed by atoms with E-state index in [4.69, 9.17) is 9.15 Å². The molecule has 0 aliphatic heterocycles. The van der Waals surface area contributed by atoms with Crippen molar-refractivity contribution in [1.82, 2.24) is 0 Å². The van der Waals surface area contributed by atoms with Crippen LogP contribution in [0.3, 0.4) is 0 Å². The van der Waals surface area contributed by atoms with Gasteiger partial charge in [0.15, 0.2) is 0 Å². The number of aryl methyl sites for hydroxylation is 1. The van der Waals surface area contributed by atoms with E-state index in [-0.39, 0.29) is 5.56 Å². The van der Waals surface area contributed by atoms with Crippen LogP contribution in [0.5, 0.6) is 5.75 Å². The highest BCUT2D eigenvalue weighted by atomic mass is 32.1. The van der Waals surface area contributed by atoms with Crippen molar-refractivity contribution in [3.63, 3.8) is 0 Å². The zero-order chi connectivity index (χ0) is 14.1. The molecule has 20 heavy (non-hydrogen) atoms. The summed E-state index contributed by atoms with van der Waals surface area (Å²) in [4.78, 5) is 12.4. The number of furan rings is 1. The van der Waals surface area contributed by atoms with Crippen LogP contribution >= 0.6 is 11.3 Å². The van der Waals surface area contributed by atoms with Gasteiger partial charge in [0.2, 0.25) is 0 Å². The molecule has 3 rings (SSSR count). The molecule has 2 aromatic heterocycles. The first-order chi connectivity index (χ1) is 9.65. The van der Waals surface area contributed by atoms with E-state index in [1.807, 2.05) is 17.5 Å². The molecule has 1 aromatic carbocycles. The molecule has 0 aliphatic rings. The van der Waals surface area contributed by atoms with E-state index in [0.29, 0.717) is 29.1 Å². The number of carbonyl (C=O) groups is 1. The molecule has 0 aliphatic carbocycles. The van der Waals surface area contributed by atoms with E-state index in [1.165, 1.54) is 0 Å². The van der Waals surface area contributed by atoms with Crippen molar-refractivity contribution in [2.75, 3.05) is 0 Å². The summed E-state index contributed by atoms with van der Waals surface area (Å²) in [5, 5.41) is 11.8. The summed E-state index contributed by atoms with van der Waals surface area (Å²) in [7, 11) is 0. The SMILES string of the molecule is Cc1oc2ccc(OCc3cccs3)cc2c1C(=O)O. The van der Waals surface area contributed by atoms with Gasteiger partial charge in [-0.2, -0.15) is 0 Å². The number of hydrogen-bond donors (Lipinski definition) is 1. The predicted molar refractivity (Wildman–Crippen MR) is 76.6 cm³/mol. The average molecular weight is 288 g/mol. The number of ether oxygens (including phenoxy) is 1. The molecule has 0 fully saturated rings. The third kappa shape index (κ3) is 2.28. The molecule has 0 bridgehead atoms. The fourth-order valence-electron chi connectivity index (χ4n) is 2.10. The second-order valence-corrected chi connectivity index (χ2v) is 5.40. The molecule has 0 radical (unpaired) electrons. The largest absolute Gasteiger partial charge is 0.488 e. The summed E-state index contributed by atoms with van der Waals surface area (Å²) in [6, 6.07) is 9.19. The Morgan fingerprint density at radius 1 is 1.40 bits per heavy atom. The smallest absolute Gasteiger partial charge is 0.339 e. The summed E-state index contributed by atoms with van der Waals surface area (Å²) < 4.78 is 11.1. The van der Waals surface area contributed by atoms with Crippen molar-refractivity contribution in [2.24, 2.45) is 0 Å². The second-order valence-electron chi connectivity index (χ2n) is 4.36. The Labute approximate surface area is 119 Å². The Bertz CT molecular complexity index is 756. The Morgan fingerprint density at radius 3 is 2.95 bits per heavy atom. The molecule has 0 saturated carbocycles. The van der Waals surface area contributed by atoms with Crippen LogP contribution < -0.4 is 4.74 Å². The topological polar surface area (TPSA) is 59.7 Å². The van der Waals surface area contributed by atoms with Crippen LogP contribution in [0.2, 0.25) is 0 Å². The van der Waals surface area contributed by atoms with E-state index < -0.39 is 5.97 Å². The molecule has 3 aromatic rings. The molecule has 0 saturated heterocycles. The van der Waals surface area contributed by atoms with Crippen LogP contribution in [0.15, 0.2) is 40.1 Å². The van der Waals surface area contributed by atoms with E-state index in [1.54, 1.807) is 36.5 Å². The maximum Gasteiger partial charge on any atom is 0.339 e. The van der Waals surface area contributed by atoms with Crippen LogP contribution in [-0.4, -0.2) is 11.1 Å². The van der Waals surface area contributed by atoms with Crippen LogP contribution in [-0.2, 0) is 6.61 Å². The van der Waals surface area contributed by atoms with Gasteiger partial charge in [-0.05, 0) is 36.6 Å². The van der Waals surface area contributed by atoms with Gasteiger partial charge < -0.3 is 14.3 Å². The molecule has 0 unspecified atom stereocenters. The lowest BCUT2D eigenvalue weighted by molar-refractivity contribution is 0.0697. The summed E-state index contributed by atoms with van der Waals surface area (Å²) in [6.07, 6.45) is 0. The Morgan fingerprint density at radius 2 is 2.25 bits per heavy atom. The van der Waals surface area contributed by atoms with Crippen LogP contribution in [0.4, 0.5) is 0 Å². The first-order valence-electron chi connectivity index (χ1n) is 6.07. The van der Waals surface area contributed by atoms with E-state index in [2.05, 4.69) is 0 Å². The first-order valence-corrected chi connectivity index (χ1v) is 6.95. The van der Waals surface area contributed by atoms with Crippen LogP contribution in [0.1, 0.15) is 21.0 Å². The minimum absolute atomic E-state index is 0.196. The highest BCUT2D eigenvalue weighted by Gasteiger charge is 2.17. The van der Waals surface area contributed by atoms with Gasteiger partial charge in [0, 0.05) is 10.3 Å². The van der Waals surface area contributed by atoms with Gasteiger partial charge in [-0.3, -0.25) is 0 Å². The highest BCUT2D eigenvalue weighted by Crippen LogP contribution is 2.29. The zero-order valence-corrected chi connectivity index (χ0v) is 11.6. The van der Waals surface area contributed by atoms with Crippen molar-refractivity contribution >= 4 is 28.3 Å². The highest BCUT2D eigenvalue weighted by molar-refractivity contribution is 7.09. The molecule has 0 spiro atoms. The number of hydrogen-bond acceptors (Lipinski definition) is 4. The molecule has 4 nitrogen and oxygen atoms in total. The number of aromatic carboxylic acids is 1. The summed E-state index contributed by atoms with van der Waals surface area (Å²) in [6.45, 7) is 2.12. The Hall–Kier alpha value is -2.27. The van der Waals surface area contributed by atoms with E-state index in [9.17, 15) is 9.90 Å². The maximum absolute atomic E-state index is 11.3. The van der Waals surface area contributed by atoms with Crippen LogP contribution in [0, 0.1) is 6.92 Å². The number of benzene rings is 1. The maximum atomic E-state index is 11.3. The Kier molecular flexibility index (Phi) is 3.20. The predicted octanol–water partition coefficient (Wildman–Crippen LogP) is 4.08. The quantitative estimate of drug-likeness (QED) is 0.785. The van der Waals surface area contributed by atoms with Crippen LogP contribution in [0.25, 0.3) is 11.0 Å². The third-order valence-electron chi connectivity index (χ3n) is 3.01. The molecule has 2 heterocycles. The molecular formula is C15H12O4S. The number of thiophene rings is 1. The van der Waals surface area contributed by atoms with E-state index in [0.717, 1.165) is 4.88 Å². The second kappa shape index (κ2) is 5.02. The minimum atomic E-state index is -0.989. The molecule has 0 amide bonds. The lowest BCUT2D eigenvalue weighted by Crippen LogP contribution is -1.97. The number of fused-ring (bicyclic) bond motifs is 1. The van der Waals surface area contributed by atoms with E-state index >= 15 is 0 Å². The van der Waals surface area contributed by atoms with Gasteiger partial charge in [-0.25, -0.2) is 4.79 Å². The normalized spacial score (nSPS) is 10.8. The van der Waals surface area contributed by atoms with Gasteiger partial charge in [-0.15, -0.1) is 11.3 Å². The standard InChI is InChI=1S/C15H12O4S/c1-9-14(15(16)17)12-7-10(4-5-13(12)19-9)18-8-11-3-2-6-20-11/h2-7H,8H2,1H3,(H,16,17). The van der Waals surface area contributed by atoms with Gasteiger partial charge in [0.05, 0.1) is 0 Å². The minimum Gasteiger partial charge on any atom is -0.488 e. The lowest BCUT2D eigenvalue weighted by Gasteiger charge is -2.04. The third-order valence-corrected chi connectivity index (χ3v) is 3.86. The first kappa shape index (κ1) is 12.7. The monoisotopic (exact) mass is 288 g/mol. The van der Waals surface area contributed by atoms with Gasteiger partial charge in [-0.1, -0.05) is 6.07 Å². The lowest BCUT2D eigenvalue weighted by atomic mass is 10.1. The fraction of sp³-hybridized carbons (Fsp3) is 0.133. The molecule has 5 heteroatoms. The van der Waals surface area contributed by atoms with Crippen molar-refractivity contribution < 1.29 is 19.1 Å². The van der Waals surface area contributed by atoms with Crippen molar-refractivity contribution in [3.8, 4) is 5.75 Å². The zero-order valence-electron chi connectivity index (χ0n) is 10.8. The van der Waals surface area contributed by atoms with Gasteiger partial charge in [0.25, 0.3) is 0 Å². The van der Waals surface area contributed by atoms with Crippen molar-refractivity contribution in [3.05, 3.63) is 51.9 Å². The van der Waals surface area contributed by atoms with Gasteiger partial charge >= 0.3 is 5.97 Å². The fourth-order valence-corrected chi connectivity index (χ4v) is 2.72. The summed E-state index contributed by atoms with van der Waals surface area (Å²) in [5.41, 5.74) is 0.755. The van der Waals surface area contributed by atoms with Gasteiger partial charge in [0.1, 0.15) is 29.3 Å². The number of carboxylic acid groups (broad SMARTS) is 1. The Balaban J connectivity index is 1.93.